The van der Waals surface area contributed by atoms with E-state index < -0.39 is 12.1 Å². The molecule has 0 radical (unpaired) electrons. The number of ether oxygens (including phenoxy) is 1. The summed E-state index contributed by atoms with van der Waals surface area (Å²) in [5.74, 6) is -0.142. The molecule has 0 heterocycles. The first kappa shape index (κ1) is 54.3. The Morgan fingerprint density at radius 2 is 0.875 bits per heavy atom. The first-order valence-electron chi connectivity index (χ1n) is 24.6. The SMILES string of the molecule is CCCC/C=C\CCCCCCCC(=O)OCCCCCC/C=C\CCCC(=O)NC(CO)C(O)CCCCCCCCCCCCCCCCCCCCC. The number of amides is 1. The maximum Gasteiger partial charge on any atom is 0.305 e. The first-order chi connectivity index (χ1) is 27.5. The summed E-state index contributed by atoms with van der Waals surface area (Å²) in [6.45, 7) is 4.82. The summed E-state index contributed by atoms with van der Waals surface area (Å²) in [5, 5.41) is 23.2. The smallest absolute Gasteiger partial charge is 0.305 e. The number of aliphatic hydroxyl groups is 2. The fourth-order valence-electron chi connectivity index (χ4n) is 7.39. The average Bonchev–Trinajstić information content (AvgIpc) is 3.20. The zero-order valence-corrected chi connectivity index (χ0v) is 37.4. The molecule has 0 aromatic rings. The Kier molecular flexibility index (Phi) is 44.7. The summed E-state index contributed by atoms with van der Waals surface area (Å²) in [7, 11) is 0. The van der Waals surface area contributed by atoms with Crippen LogP contribution in [-0.4, -0.2) is 47.4 Å². The van der Waals surface area contributed by atoms with Crippen molar-refractivity contribution in [1.82, 2.24) is 5.32 Å². The van der Waals surface area contributed by atoms with Crippen LogP contribution in [0, 0.1) is 0 Å². The van der Waals surface area contributed by atoms with E-state index in [2.05, 4.69) is 43.5 Å². The molecule has 2 unspecified atom stereocenters. The normalized spacial score (nSPS) is 12.9. The number of aliphatic hydroxyl groups excluding tert-OH is 2. The van der Waals surface area contributed by atoms with Crippen LogP contribution in [0.25, 0.3) is 0 Å². The molecular formula is C50H95NO5. The van der Waals surface area contributed by atoms with Gasteiger partial charge in [-0.2, -0.15) is 0 Å². The van der Waals surface area contributed by atoms with Gasteiger partial charge in [0.15, 0.2) is 0 Å². The van der Waals surface area contributed by atoms with Crippen molar-refractivity contribution in [3.05, 3.63) is 24.3 Å². The number of esters is 1. The average molecular weight is 790 g/mol. The zero-order chi connectivity index (χ0) is 40.8. The summed E-state index contributed by atoms with van der Waals surface area (Å²) < 4.78 is 5.41. The number of carbonyl (C=O) groups excluding carboxylic acids is 2. The minimum Gasteiger partial charge on any atom is -0.466 e. The lowest BCUT2D eigenvalue weighted by Gasteiger charge is -2.22. The maximum absolute atomic E-state index is 12.4. The second-order valence-electron chi connectivity index (χ2n) is 16.8. The van der Waals surface area contributed by atoms with Gasteiger partial charge < -0.3 is 20.3 Å². The zero-order valence-electron chi connectivity index (χ0n) is 37.4. The number of unbranched alkanes of at least 4 members (excludes halogenated alkanes) is 30. The highest BCUT2D eigenvalue weighted by Crippen LogP contribution is 2.16. The Morgan fingerprint density at radius 1 is 0.482 bits per heavy atom. The number of hydrogen-bond donors (Lipinski definition) is 3. The molecule has 0 aliphatic heterocycles. The van der Waals surface area contributed by atoms with Gasteiger partial charge in [-0.05, 0) is 64.2 Å². The van der Waals surface area contributed by atoms with Gasteiger partial charge in [0, 0.05) is 12.8 Å². The molecule has 0 aromatic carbocycles. The van der Waals surface area contributed by atoms with E-state index in [1.807, 2.05) is 0 Å². The van der Waals surface area contributed by atoms with E-state index in [0.29, 0.717) is 25.9 Å². The van der Waals surface area contributed by atoms with Gasteiger partial charge in [0.1, 0.15) is 0 Å². The van der Waals surface area contributed by atoms with Crippen LogP contribution in [0.2, 0.25) is 0 Å². The lowest BCUT2D eigenvalue weighted by molar-refractivity contribution is -0.143. The van der Waals surface area contributed by atoms with Crippen molar-refractivity contribution in [3.8, 4) is 0 Å². The Morgan fingerprint density at radius 3 is 1.36 bits per heavy atom. The molecule has 0 aromatic heterocycles. The van der Waals surface area contributed by atoms with E-state index in [1.54, 1.807) is 0 Å². The summed E-state index contributed by atoms with van der Waals surface area (Å²) in [5.41, 5.74) is 0. The van der Waals surface area contributed by atoms with E-state index in [-0.39, 0.29) is 18.5 Å². The molecule has 6 heteroatoms. The predicted octanol–water partition coefficient (Wildman–Crippen LogP) is 14.3. The molecule has 6 nitrogen and oxygen atoms in total. The molecular weight excluding hydrogens is 695 g/mol. The van der Waals surface area contributed by atoms with E-state index in [4.69, 9.17) is 4.74 Å². The Hall–Kier alpha value is -1.66. The van der Waals surface area contributed by atoms with Gasteiger partial charge in [0.2, 0.25) is 5.91 Å². The molecule has 0 saturated carbocycles. The molecule has 1 amide bonds. The minimum atomic E-state index is -0.695. The lowest BCUT2D eigenvalue weighted by Crippen LogP contribution is -2.45. The van der Waals surface area contributed by atoms with Crippen LogP contribution < -0.4 is 5.32 Å². The van der Waals surface area contributed by atoms with Crippen molar-refractivity contribution < 1.29 is 24.5 Å². The van der Waals surface area contributed by atoms with E-state index >= 15 is 0 Å². The van der Waals surface area contributed by atoms with Gasteiger partial charge in [-0.25, -0.2) is 0 Å². The molecule has 0 saturated heterocycles. The highest BCUT2D eigenvalue weighted by molar-refractivity contribution is 5.76. The topological polar surface area (TPSA) is 95.9 Å². The Balaban J connectivity index is 3.55. The minimum absolute atomic E-state index is 0.0467. The quantitative estimate of drug-likeness (QED) is 0.0324. The van der Waals surface area contributed by atoms with Crippen LogP contribution in [0.5, 0.6) is 0 Å². The molecule has 330 valence electrons. The van der Waals surface area contributed by atoms with Gasteiger partial charge in [-0.1, -0.05) is 205 Å². The largest absolute Gasteiger partial charge is 0.466 e. The number of nitrogens with one attached hydrogen (secondary N) is 1. The molecule has 0 fully saturated rings. The summed E-state index contributed by atoms with van der Waals surface area (Å²) >= 11 is 0. The Labute approximate surface area is 348 Å². The van der Waals surface area contributed by atoms with Gasteiger partial charge in [-0.15, -0.1) is 0 Å². The fourth-order valence-corrected chi connectivity index (χ4v) is 7.39. The molecule has 0 bridgehead atoms. The third-order valence-electron chi connectivity index (χ3n) is 11.2. The van der Waals surface area contributed by atoms with Gasteiger partial charge in [0.05, 0.1) is 25.4 Å². The van der Waals surface area contributed by atoms with E-state index in [9.17, 15) is 19.8 Å². The molecule has 0 aliphatic carbocycles. The molecule has 0 aliphatic rings. The fraction of sp³-hybridized carbons (Fsp3) is 0.880. The highest BCUT2D eigenvalue weighted by Gasteiger charge is 2.20. The van der Waals surface area contributed by atoms with Crippen molar-refractivity contribution >= 4 is 11.9 Å². The number of carbonyl (C=O) groups is 2. The maximum atomic E-state index is 12.4. The van der Waals surface area contributed by atoms with Gasteiger partial charge in [-0.3, -0.25) is 9.59 Å². The number of hydrogen-bond acceptors (Lipinski definition) is 5. The van der Waals surface area contributed by atoms with Crippen LogP contribution in [0.3, 0.4) is 0 Å². The van der Waals surface area contributed by atoms with Crippen LogP contribution in [0.1, 0.15) is 258 Å². The highest BCUT2D eigenvalue weighted by atomic mass is 16.5. The molecule has 0 rings (SSSR count). The van der Waals surface area contributed by atoms with Crippen LogP contribution in [0.15, 0.2) is 24.3 Å². The van der Waals surface area contributed by atoms with Crippen LogP contribution in [0.4, 0.5) is 0 Å². The van der Waals surface area contributed by atoms with Crippen molar-refractivity contribution in [2.45, 2.75) is 270 Å². The van der Waals surface area contributed by atoms with Crippen LogP contribution in [-0.2, 0) is 14.3 Å². The van der Waals surface area contributed by atoms with E-state index in [0.717, 1.165) is 70.6 Å². The molecule has 2 atom stereocenters. The van der Waals surface area contributed by atoms with Crippen molar-refractivity contribution in [2.75, 3.05) is 13.2 Å². The Bertz CT molecular complexity index is 874. The number of allylic oxidation sites excluding steroid dienone is 4. The third kappa shape index (κ3) is 42.0. The van der Waals surface area contributed by atoms with Crippen molar-refractivity contribution in [3.63, 3.8) is 0 Å². The molecule has 0 spiro atoms. The molecule has 3 N–H and O–H groups in total. The van der Waals surface area contributed by atoms with Crippen molar-refractivity contribution in [1.29, 1.82) is 0 Å². The van der Waals surface area contributed by atoms with Crippen LogP contribution >= 0.6 is 0 Å². The summed E-state index contributed by atoms with van der Waals surface area (Å²) in [4.78, 5) is 24.4. The third-order valence-corrected chi connectivity index (χ3v) is 11.2. The standard InChI is InChI=1S/C50H95NO5/c1-3-5-7-9-11-13-15-16-17-18-19-20-21-22-24-26-30-34-38-42-48(53)47(46-52)51-49(54)43-39-35-31-27-25-29-33-37-41-45-56-50(55)44-40-36-32-28-23-14-12-10-8-6-4-2/h10,12,27,31,47-48,52-53H,3-9,11,13-26,28-30,32-46H2,1-2H3,(H,51,54)/b12-10-,31-27-. The summed E-state index contributed by atoms with van der Waals surface area (Å²) in [6.07, 6.45) is 52.9. The monoisotopic (exact) mass is 790 g/mol. The van der Waals surface area contributed by atoms with Gasteiger partial charge in [0.25, 0.3) is 0 Å². The molecule has 56 heavy (non-hydrogen) atoms. The first-order valence-corrected chi connectivity index (χ1v) is 24.6. The summed E-state index contributed by atoms with van der Waals surface area (Å²) in [6, 6.07) is -0.579. The van der Waals surface area contributed by atoms with Crippen molar-refractivity contribution in [2.24, 2.45) is 0 Å². The second kappa shape index (κ2) is 46.0. The van der Waals surface area contributed by atoms with E-state index in [1.165, 1.54) is 154 Å². The lowest BCUT2D eigenvalue weighted by atomic mass is 10.0. The predicted molar refractivity (Wildman–Crippen MR) is 241 cm³/mol. The second-order valence-corrected chi connectivity index (χ2v) is 16.8. The number of rotatable bonds is 45. The van der Waals surface area contributed by atoms with Gasteiger partial charge >= 0.3 is 5.97 Å².